The lowest BCUT2D eigenvalue weighted by Crippen LogP contribution is -2.35. The highest BCUT2D eigenvalue weighted by Gasteiger charge is 2.56. The number of hydrogen-bond donors (Lipinski definition) is 2. The zero-order valence-electron chi connectivity index (χ0n) is 19.5. The molecule has 0 aliphatic carbocycles. The van der Waals surface area contributed by atoms with Crippen LogP contribution in [0.2, 0.25) is 0 Å². The van der Waals surface area contributed by atoms with Gasteiger partial charge in [0.25, 0.3) is 0 Å². The quantitative estimate of drug-likeness (QED) is 0.439. The van der Waals surface area contributed by atoms with Crippen molar-refractivity contribution in [2.45, 2.75) is 83.4 Å². The van der Waals surface area contributed by atoms with E-state index in [0.29, 0.717) is 6.42 Å². The summed E-state index contributed by atoms with van der Waals surface area (Å²) in [6.07, 6.45) is -1.16. The van der Waals surface area contributed by atoms with Crippen LogP contribution in [0.15, 0.2) is 17.1 Å². The minimum absolute atomic E-state index is 0.0768. The molecule has 2 aliphatic heterocycles. The molecule has 0 saturated carbocycles. The molecule has 0 spiro atoms. The summed E-state index contributed by atoms with van der Waals surface area (Å²) in [5.41, 5.74) is 4.40. The van der Waals surface area contributed by atoms with E-state index in [0.717, 1.165) is 0 Å². The second kappa shape index (κ2) is 9.65. The van der Waals surface area contributed by atoms with Crippen LogP contribution in [0.1, 0.15) is 53.7 Å². The molecule has 1 amide bonds. The van der Waals surface area contributed by atoms with Crippen LogP contribution in [0.5, 0.6) is 0 Å². The number of hydrogen-bond acceptors (Lipinski definition) is 10. The molecule has 2 fully saturated rings. The summed E-state index contributed by atoms with van der Waals surface area (Å²) in [6, 6.07) is 1.49. The highest BCUT2D eigenvalue weighted by molar-refractivity contribution is 5.70. The monoisotopic (exact) mass is 468 g/mol. The molecule has 33 heavy (non-hydrogen) atoms. The molecule has 184 valence electrons. The van der Waals surface area contributed by atoms with Crippen LogP contribution >= 0.6 is 0 Å². The van der Waals surface area contributed by atoms with Crippen LogP contribution in [0.3, 0.4) is 0 Å². The van der Waals surface area contributed by atoms with E-state index in [1.54, 1.807) is 34.6 Å². The Hall–Kier alpha value is -2.70. The van der Waals surface area contributed by atoms with Crippen molar-refractivity contribution in [2.24, 2.45) is 0 Å². The van der Waals surface area contributed by atoms with Crippen molar-refractivity contribution in [1.82, 2.24) is 14.9 Å². The number of nitrogens with one attached hydrogen (secondary N) is 1. The second-order valence-corrected chi connectivity index (χ2v) is 9.39. The number of aromatic nitrogens is 2. The van der Waals surface area contributed by atoms with E-state index in [9.17, 15) is 14.4 Å². The van der Waals surface area contributed by atoms with Gasteiger partial charge in [-0.2, -0.15) is 4.98 Å². The van der Waals surface area contributed by atoms with Crippen molar-refractivity contribution in [2.75, 3.05) is 18.9 Å². The Bertz CT molecular complexity index is 926. The molecule has 0 radical (unpaired) electrons. The lowest BCUT2D eigenvalue weighted by atomic mass is 10.1. The zero-order valence-corrected chi connectivity index (χ0v) is 19.5. The summed E-state index contributed by atoms with van der Waals surface area (Å²) < 4.78 is 29.6. The number of amides is 1. The maximum absolute atomic E-state index is 12.3. The van der Waals surface area contributed by atoms with E-state index in [-0.39, 0.29) is 25.4 Å². The summed E-state index contributed by atoms with van der Waals surface area (Å²) in [6.45, 7) is 9.02. The highest BCUT2D eigenvalue weighted by atomic mass is 16.8. The molecule has 1 aromatic rings. The average molecular weight is 469 g/mol. The maximum atomic E-state index is 12.3. The molecule has 0 aromatic carbocycles. The van der Waals surface area contributed by atoms with Gasteiger partial charge in [-0.3, -0.25) is 9.36 Å². The molecule has 3 heterocycles. The van der Waals surface area contributed by atoms with Crippen LogP contribution < -0.4 is 16.7 Å². The summed E-state index contributed by atoms with van der Waals surface area (Å²) in [5, 5.41) is 2.59. The number of anilines is 1. The first-order valence-electron chi connectivity index (χ1n) is 10.8. The predicted molar refractivity (Wildman–Crippen MR) is 115 cm³/mol. The van der Waals surface area contributed by atoms with Crippen LogP contribution in [0.25, 0.3) is 0 Å². The minimum Gasteiger partial charge on any atom is -0.463 e. The zero-order chi connectivity index (χ0) is 24.4. The van der Waals surface area contributed by atoms with Crippen LogP contribution in [-0.4, -0.2) is 64.5 Å². The third-order valence-corrected chi connectivity index (χ3v) is 4.89. The van der Waals surface area contributed by atoms with Crippen molar-refractivity contribution < 1.29 is 33.3 Å². The van der Waals surface area contributed by atoms with Gasteiger partial charge in [0.1, 0.15) is 36.3 Å². The van der Waals surface area contributed by atoms with Gasteiger partial charge in [0.05, 0.1) is 0 Å². The SMILES string of the molecule is CC(C)(C)OC(=O)NCCCC(=O)OCC1OC(n2ccc(N)nc2=O)C2OC(C)(C)OC12. The summed E-state index contributed by atoms with van der Waals surface area (Å²) in [5.74, 6) is -1.24. The van der Waals surface area contributed by atoms with Gasteiger partial charge >= 0.3 is 17.8 Å². The Balaban J connectivity index is 1.51. The summed E-state index contributed by atoms with van der Waals surface area (Å²) >= 11 is 0. The standard InChI is InChI=1S/C21H32N4O8/c1-20(2,3)33-19(28)23-9-6-7-14(26)29-11-12-15-16(32-21(4,5)31-15)17(30-12)25-10-8-13(22)24-18(25)27/h8,10,12,15-17H,6-7,9,11H2,1-5H3,(H,23,28)(H2,22,24,27). The maximum Gasteiger partial charge on any atom is 0.407 e. The number of nitrogens with zero attached hydrogens (tertiary/aromatic N) is 2. The number of carbonyl (C=O) groups is 2. The molecular formula is C21H32N4O8. The lowest BCUT2D eigenvalue weighted by molar-refractivity contribution is -0.203. The van der Waals surface area contributed by atoms with Crippen molar-refractivity contribution in [3.8, 4) is 0 Å². The largest absolute Gasteiger partial charge is 0.463 e. The Kier molecular flexibility index (Phi) is 7.29. The average Bonchev–Trinajstić information content (AvgIpc) is 3.15. The number of nitrogens with two attached hydrogens (primary N) is 1. The fourth-order valence-electron chi connectivity index (χ4n) is 3.62. The van der Waals surface area contributed by atoms with Crippen molar-refractivity contribution in [3.05, 3.63) is 22.7 Å². The number of carbonyl (C=O) groups excluding carboxylic acids is 2. The molecule has 2 saturated heterocycles. The molecule has 1 aromatic heterocycles. The first kappa shape index (κ1) is 24.9. The Morgan fingerprint density at radius 3 is 2.64 bits per heavy atom. The molecule has 4 unspecified atom stereocenters. The third-order valence-electron chi connectivity index (χ3n) is 4.89. The Morgan fingerprint density at radius 1 is 1.27 bits per heavy atom. The smallest absolute Gasteiger partial charge is 0.407 e. The molecule has 4 atom stereocenters. The molecular weight excluding hydrogens is 436 g/mol. The van der Waals surface area contributed by atoms with Crippen LogP contribution in [0, 0.1) is 0 Å². The summed E-state index contributed by atoms with van der Waals surface area (Å²) in [7, 11) is 0. The fraction of sp³-hybridized carbons (Fsp3) is 0.714. The van der Waals surface area contributed by atoms with E-state index >= 15 is 0 Å². The van der Waals surface area contributed by atoms with Gasteiger partial charge in [0.2, 0.25) is 0 Å². The van der Waals surface area contributed by atoms with Gasteiger partial charge in [0, 0.05) is 19.2 Å². The first-order chi connectivity index (χ1) is 15.3. The normalized spacial score (nSPS) is 26.0. The Morgan fingerprint density at radius 2 is 1.97 bits per heavy atom. The van der Waals surface area contributed by atoms with Gasteiger partial charge in [-0.25, -0.2) is 9.59 Å². The molecule has 0 bridgehead atoms. The number of nitrogen functional groups attached to an aromatic ring is 1. The molecule has 12 heteroatoms. The van der Waals surface area contributed by atoms with Crippen LogP contribution in [-0.2, 0) is 28.5 Å². The van der Waals surface area contributed by atoms with Crippen LogP contribution in [0.4, 0.5) is 10.6 Å². The molecule has 12 nitrogen and oxygen atoms in total. The molecule has 3 N–H and O–H groups in total. The number of fused-ring (bicyclic) bond motifs is 1. The van der Waals surface area contributed by atoms with Gasteiger partial charge in [-0.15, -0.1) is 0 Å². The van der Waals surface area contributed by atoms with E-state index in [1.165, 1.54) is 16.8 Å². The summed E-state index contributed by atoms with van der Waals surface area (Å²) in [4.78, 5) is 39.8. The second-order valence-electron chi connectivity index (χ2n) is 9.39. The van der Waals surface area contributed by atoms with Crippen molar-refractivity contribution in [1.29, 1.82) is 0 Å². The van der Waals surface area contributed by atoms with Gasteiger partial charge in [0.15, 0.2) is 12.0 Å². The van der Waals surface area contributed by atoms with Gasteiger partial charge < -0.3 is 34.7 Å². The Labute approximate surface area is 191 Å². The van der Waals surface area contributed by atoms with Gasteiger partial charge in [-0.1, -0.05) is 0 Å². The lowest BCUT2D eigenvalue weighted by Gasteiger charge is -2.24. The molecule has 2 aliphatic rings. The highest BCUT2D eigenvalue weighted by Crippen LogP contribution is 2.42. The van der Waals surface area contributed by atoms with E-state index < -0.39 is 53.7 Å². The number of esters is 1. The van der Waals surface area contributed by atoms with E-state index in [4.69, 9.17) is 29.4 Å². The van der Waals surface area contributed by atoms with Crippen molar-refractivity contribution in [3.63, 3.8) is 0 Å². The number of rotatable bonds is 7. The number of alkyl carbamates (subject to hydrolysis) is 1. The van der Waals surface area contributed by atoms with E-state index in [1.807, 2.05) is 0 Å². The third kappa shape index (κ3) is 6.65. The topological polar surface area (TPSA) is 153 Å². The van der Waals surface area contributed by atoms with E-state index in [2.05, 4.69) is 10.3 Å². The minimum atomic E-state index is -0.891. The molecule has 3 rings (SSSR count). The first-order valence-corrected chi connectivity index (χ1v) is 10.8. The predicted octanol–water partition coefficient (Wildman–Crippen LogP) is 1.09. The number of ether oxygens (including phenoxy) is 5. The van der Waals surface area contributed by atoms with Crippen molar-refractivity contribution >= 4 is 17.9 Å². The fourth-order valence-corrected chi connectivity index (χ4v) is 3.62. The van der Waals surface area contributed by atoms with Gasteiger partial charge in [-0.05, 0) is 47.1 Å².